The SMILES string of the molecule is C=C(Cc1cc2ccccc2[nH]1)C1CCC(O)(C2CCCCC2)C2CC(O)C(O)(CCNC(N)=NC)C2C1. The minimum absolute atomic E-state index is 0.131. The molecule has 3 aliphatic rings. The van der Waals surface area contributed by atoms with Crippen LogP contribution in [0.25, 0.3) is 10.9 Å². The zero-order valence-electron chi connectivity index (χ0n) is 22.8. The van der Waals surface area contributed by atoms with Crippen molar-refractivity contribution in [1.29, 1.82) is 0 Å². The Morgan fingerprint density at radius 2 is 1.89 bits per heavy atom. The highest BCUT2D eigenvalue weighted by Crippen LogP contribution is 2.57. The third-order valence-corrected chi connectivity index (χ3v) is 10.2. The van der Waals surface area contributed by atoms with Crippen LogP contribution in [0.4, 0.5) is 0 Å². The van der Waals surface area contributed by atoms with E-state index in [1.54, 1.807) is 7.05 Å². The molecule has 3 fully saturated rings. The van der Waals surface area contributed by atoms with Gasteiger partial charge in [-0.25, -0.2) is 0 Å². The molecule has 1 aromatic carbocycles. The van der Waals surface area contributed by atoms with E-state index in [0.29, 0.717) is 31.8 Å². The number of allylic oxidation sites excluding steroid dienone is 1. The van der Waals surface area contributed by atoms with Crippen LogP contribution >= 0.6 is 0 Å². The van der Waals surface area contributed by atoms with Crippen molar-refractivity contribution in [3.8, 4) is 0 Å². The highest BCUT2D eigenvalue weighted by Gasteiger charge is 2.61. The number of aliphatic imine (C=N–C) groups is 1. The quantitative estimate of drug-likeness (QED) is 0.186. The average molecular weight is 523 g/mol. The first-order valence-corrected chi connectivity index (χ1v) is 14.6. The number of nitrogens with zero attached hydrogens (tertiary/aromatic N) is 1. The molecule has 3 saturated carbocycles. The zero-order valence-corrected chi connectivity index (χ0v) is 22.8. The minimum atomic E-state index is -1.29. The summed E-state index contributed by atoms with van der Waals surface area (Å²) in [6, 6.07) is 10.5. The van der Waals surface area contributed by atoms with Crippen LogP contribution in [-0.2, 0) is 6.42 Å². The first-order valence-electron chi connectivity index (χ1n) is 14.6. The summed E-state index contributed by atoms with van der Waals surface area (Å²) in [7, 11) is 1.62. The Kier molecular flexibility index (Phi) is 7.90. The Morgan fingerprint density at radius 3 is 2.63 bits per heavy atom. The number of para-hydroxylation sites is 1. The van der Waals surface area contributed by atoms with Crippen LogP contribution in [0.1, 0.15) is 69.9 Å². The Hall–Kier alpha value is -2.35. The zero-order chi connectivity index (χ0) is 26.9. The number of guanidine groups is 1. The van der Waals surface area contributed by atoms with Crippen molar-refractivity contribution in [3.05, 3.63) is 48.2 Å². The maximum atomic E-state index is 12.4. The number of aliphatic hydroxyl groups excluding tert-OH is 1. The summed E-state index contributed by atoms with van der Waals surface area (Å²) in [6.45, 7) is 4.95. The van der Waals surface area contributed by atoms with E-state index < -0.39 is 17.3 Å². The number of aliphatic hydroxyl groups is 3. The number of H-pyrrole nitrogens is 1. The predicted octanol–water partition coefficient (Wildman–Crippen LogP) is 4.03. The van der Waals surface area contributed by atoms with Gasteiger partial charge in [-0.3, -0.25) is 4.99 Å². The van der Waals surface area contributed by atoms with Gasteiger partial charge in [-0.15, -0.1) is 0 Å². The monoisotopic (exact) mass is 522 g/mol. The second-order valence-electron chi connectivity index (χ2n) is 12.3. The Bertz CT molecular complexity index is 1120. The summed E-state index contributed by atoms with van der Waals surface area (Å²) in [5.41, 5.74) is 7.07. The average Bonchev–Trinajstić information content (AvgIpc) is 3.39. The Morgan fingerprint density at radius 1 is 1.13 bits per heavy atom. The van der Waals surface area contributed by atoms with Gasteiger partial charge in [0.05, 0.1) is 17.3 Å². The van der Waals surface area contributed by atoms with E-state index >= 15 is 0 Å². The second kappa shape index (κ2) is 11.0. The number of fused-ring (bicyclic) bond motifs is 2. The van der Waals surface area contributed by atoms with Crippen LogP contribution in [0.5, 0.6) is 0 Å². The lowest BCUT2D eigenvalue weighted by molar-refractivity contribution is -0.120. The summed E-state index contributed by atoms with van der Waals surface area (Å²) in [5.74, 6) is 0.368. The van der Waals surface area contributed by atoms with Gasteiger partial charge in [0.2, 0.25) is 0 Å². The lowest BCUT2D eigenvalue weighted by Crippen LogP contribution is -2.51. The summed E-state index contributed by atoms with van der Waals surface area (Å²) in [5, 5.41) is 40.0. The van der Waals surface area contributed by atoms with E-state index in [2.05, 4.69) is 40.1 Å². The van der Waals surface area contributed by atoms with Gasteiger partial charge in [0.1, 0.15) is 0 Å². The smallest absolute Gasteiger partial charge is 0.188 e. The molecule has 7 heteroatoms. The molecule has 0 saturated heterocycles. The third kappa shape index (κ3) is 5.13. The summed E-state index contributed by atoms with van der Waals surface area (Å²) < 4.78 is 0. The normalized spacial score (nSPS) is 34.7. The van der Waals surface area contributed by atoms with Gasteiger partial charge in [-0.2, -0.15) is 0 Å². The molecule has 6 unspecified atom stereocenters. The molecule has 1 aromatic heterocycles. The fraction of sp³-hybridized carbons (Fsp3) is 0.645. The number of nitrogens with one attached hydrogen (secondary N) is 2. The van der Waals surface area contributed by atoms with E-state index in [1.807, 2.05) is 12.1 Å². The molecule has 1 heterocycles. The topological polar surface area (TPSA) is 127 Å². The number of rotatable bonds is 7. The van der Waals surface area contributed by atoms with Crippen molar-refractivity contribution in [2.24, 2.45) is 34.4 Å². The second-order valence-corrected chi connectivity index (χ2v) is 12.3. The van der Waals surface area contributed by atoms with E-state index in [0.717, 1.165) is 61.7 Å². The molecule has 0 aliphatic heterocycles. The molecule has 7 N–H and O–H groups in total. The third-order valence-electron chi connectivity index (χ3n) is 10.2. The van der Waals surface area contributed by atoms with Gasteiger partial charge in [-0.1, -0.05) is 49.6 Å². The van der Waals surface area contributed by atoms with Crippen molar-refractivity contribution in [2.45, 2.75) is 87.9 Å². The molecular weight excluding hydrogens is 476 g/mol. The van der Waals surface area contributed by atoms with Gasteiger partial charge < -0.3 is 31.4 Å². The van der Waals surface area contributed by atoms with E-state index in [-0.39, 0.29) is 23.7 Å². The number of aromatic amines is 1. The Labute approximate surface area is 226 Å². The van der Waals surface area contributed by atoms with Gasteiger partial charge in [-0.05, 0) is 86.1 Å². The standard InChI is InChI=1S/C31H46N4O3/c1-20(16-24-17-22-8-6-7-11-27(22)35-24)21-12-13-30(37,23-9-4-3-5-10-23)26-19-28(36)31(38,25(26)18-21)14-15-34-29(32)33-2/h6-8,11,17,21,23,25-26,28,35-38H,1,3-5,9-10,12-16,18-19H2,2H3,(H3,32,33,34). The maximum absolute atomic E-state index is 12.4. The Balaban J connectivity index is 1.41. The first-order chi connectivity index (χ1) is 18.2. The number of hydrogen-bond donors (Lipinski definition) is 6. The largest absolute Gasteiger partial charge is 0.390 e. The van der Waals surface area contributed by atoms with Crippen molar-refractivity contribution in [3.63, 3.8) is 0 Å². The lowest BCUT2D eigenvalue weighted by atomic mass is 9.65. The van der Waals surface area contributed by atoms with E-state index in [4.69, 9.17) is 5.73 Å². The summed E-state index contributed by atoms with van der Waals surface area (Å²) in [4.78, 5) is 7.48. The fourth-order valence-electron chi connectivity index (χ4n) is 8.06. The molecule has 0 radical (unpaired) electrons. The molecule has 208 valence electrons. The van der Waals surface area contributed by atoms with Crippen LogP contribution in [0, 0.1) is 23.7 Å². The van der Waals surface area contributed by atoms with Gasteiger partial charge in [0.15, 0.2) is 5.96 Å². The molecule has 0 spiro atoms. The molecule has 0 amide bonds. The van der Waals surface area contributed by atoms with Gasteiger partial charge >= 0.3 is 0 Å². The van der Waals surface area contributed by atoms with Crippen LogP contribution in [0.3, 0.4) is 0 Å². The number of aromatic nitrogens is 1. The molecule has 6 atom stereocenters. The van der Waals surface area contributed by atoms with Crippen LogP contribution in [-0.4, -0.2) is 57.2 Å². The minimum Gasteiger partial charge on any atom is -0.390 e. The lowest BCUT2D eigenvalue weighted by Gasteiger charge is -2.45. The molecule has 3 aliphatic carbocycles. The highest BCUT2D eigenvalue weighted by atomic mass is 16.3. The summed E-state index contributed by atoms with van der Waals surface area (Å²) >= 11 is 0. The summed E-state index contributed by atoms with van der Waals surface area (Å²) in [6.07, 6.45) is 8.51. The van der Waals surface area contributed by atoms with Crippen molar-refractivity contribution in [2.75, 3.05) is 13.6 Å². The first kappa shape index (κ1) is 27.2. The van der Waals surface area contributed by atoms with Crippen LogP contribution in [0.2, 0.25) is 0 Å². The predicted molar refractivity (Wildman–Crippen MR) is 153 cm³/mol. The fourth-order valence-corrected chi connectivity index (χ4v) is 8.06. The van der Waals surface area contributed by atoms with Crippen LogP contribution < -0.4 is 11.1 Å². The van der Waals surface area contributed by atoms with Crippen molar-refractivity contribution in [1.82, 2.24) is 10.3 Å². The van der Waals surface area contributed by atoms with E-state index in [9.17, 15) is 15.3 Å². The molecule has 0 bridgehead atoms. The van der Waals surface area contributed by atoms with Crippen molar-refractivity contribution >= 4 is 16.9 Å². The molecule has 2 aromatic rings. The number of hydrogen-bond acceptors (Lipinski definition) is 4. The molecule has 7 nitrogen and oxygen atoms in total. The van der Waals surface area contributed by atoms with Crippen molar-refractivity contribution < 1.29 is 15.3 Å². The van der Waals surface area contributed by atoms with E-state index in [1.165, 1.54) is 11.8 Å². The maximum Gasteiger partial charge on any atom is 0.188 e. The number of benzene rings is 1. The molecule has 38 heavy (non-hydrogen) atoms. The van der Waals surface area contributed by atoms with Gasteiger partial charge in [0, 0.05) is 31.2 Å². The highest BCUT2D eigenvalue weighted by molar-refractivity contribution is 5.80. The van der Waals surface area contributed by atoms with Gasteiger partial charge in [0.25, 0.3) is 0 Å². The number of nitrogens with two attached hydrogens (primary N) is 1. The molecule has 5 rings (SSSR count). The van der Waals surface area contributed by atoms with Crippen LogP contribution in [0.15, 0.2) is 47.5 Å². The molecular formula is C31H46N4O3.